The molecule has 9 nitrogen and oxygen atoms in total. The lowest BCUT2D eigenvalue weighted by atomic mass is 10.2. The molecule has 1 aliphatic heterocycles. The second-order valence-corrected chi connectivity index (χ2v) is 7.81. The van der Waals surface area contributed by atoms with Crippen LogP contribution < -0.4 is 5.32 Å². The number of nitrogens with zero attached hydrogens (tertiary/aromatic N) is 4. The van der Waals surface area contributed by atoms with E-state index in [0.29, 0.717) is 19.0 Å². The molecule has 1 saturated heterocycles. The van der Waals surface area contributed by atoms with Gasteiger partial charge in [-0.25, -0.2) is 13.1 Å². The molecule has 122 valence electrons. The van der Waals surface area contributed by atoms with Gasteiger partial charge in [0, 0.05) is 13.2 Å². The molecule has 1 saturated carbocycles. The smallest absolute Gasteiger partial charge is 0.235 e. The lowest BCUT2D eigenvalue weighted by Crippen LogP contribution is -2.36. The third-order valence-electron chi connectivity index (χ3n) is 3.70. The lowest BCUT2D eigenvalue weighted by molar-refractivity contribution is -0.119. The Morgan fingerprint density at radius 1 is 1.36 bits per heavy atom. The van der Waals surface area contributed by atoms with Gasteiger partial charge in [-0.15, -0.1) is 5.10 Å². The summed E-state index contributed by atoms with van der Waals surface area (Å²) in [6.07, 6.45) is 3.78. The van der Waals surface area contributed by atoms with Gasteiger partial charge in [-0.05, 0) is 36.1 Å². The maximum absolute atomic E-state index is 12.1. The normalized spacial score (nSPS) is 21.9. The van der Waals surface area contributed by atoms with E-state index in [2.05, 4.69) is 20.8 Å². The summed E-state index contributed by atoms with van der Waals surface area (Å²) in [6.45, 7) is 1.05. The summed E-state index contributed by atoms with van der Waals surface area (Å²) in [7, 11) is -3.59. The molecule has 2 aliphatic rings. The average molecular weight is 329 g/mol. The van der Waals surface area contributed by atoms with E-state index < -0.39 is 21.5 Å². The van der Waals surface area contributed by atoms with Gasteiger partial charge in [-0.2, -0.15) is 0 Å². The summed E-state index contributed by atoms with van der Waals surface area (Å²) in [6, 6.07) is 0.202. The number of hydrogen-bond acceptors (Lipinski definition) is 7. The van der Waals surface area contributed by atoms with Crippen molar-refractivity contribution in [2.45, 2.75) is 43.6 Å². The van der Waals surface area contributed by atoms with Gasteiger partial charge in [0.05, 0.1) is 12.1 Å². The molecule has 1 aromatic heterocycles. The minimum Gasteiger partial charge on any atom is -0.376 e. The lowest BCUT2D eigenvalue weighted by Gasteiger charge is -2.11. The number of tetrazole rings is 1. The van der Waals surface area contributed by atoms with Crippen molar-refractivity contribution in [1.29, 1.82) is 0 Å². The Morgan fingerprint density at radius 2 is 2.18 bits per heavy atom. The summed E-state index contributed by atoms with van der Waals surface area (Å²) in [5, 5.41) is 13.7. The number of hydrogen-bond donors (Lipinski definition) is 1. The first-order valence-electron chi connectivity index (χ1n) is 7.39. The fourth-order valence-electron chi connectivity index (χ4n) is 2.44. The standard InChI is InChI=1S/C12H19N5O4S/c18-12(13-6-10-2-1-5-21-10)8-22(19,20)7-11-14-15-16-17(11)9-3-4-9/h9-10H,1-8H2,(H,13,18)/t10-/m0/s1. The Hall–Kier alpha value is -1.55. The fraction of sp³-hybridized carbons (Fsp3) is 0.833. The molecule has 22 heavy (non-hydrogen) atoms. The van der Waals surface area contributed by atoms with Crippen LogP contribution in [0.4, 0.5) is 0 Å². The van der Waals surface area contributed by atoms with Crippen molar-refractivity contribution in [3.05, 3.63) is 5.82 Å². The van der Waals surface area contributed by atoms with Crippen molar-refractivity contribution in [3.8, 4) is 0 Å². The van der Waals surface area contributed by atoms with Crippen molar-refractivity contribution >= 4 is 15.7 Å². The molecule has 0 bridgehead atoms. The predicted octanol–water partition coefficient (Wildman–Crippen LogP) is -0.782. The highest BCUT2D eigenvalue weighted by atomic mass is 32.2. The fourth-order valence-corrected chi connectivity index (χ4v) is 3.63. The zero-order chi connectivity index (χ0) is 15.6. The van der Waals surface area contributed by atoms with Crippen LogP contribution in [0.2, 0.25) is 0 Å². The average Bonchev–Trinajstić information content (AvgIpc) is 2.98. The number of aromatic nitrogens is 4. The van der Waals surface area contributed by atoms with Crippen LogP contribution in [-0.2, 0) is 25.1 Å². The zero-order valence-electron chi connectivity index (χ0n) is 12.1. The molecule has 2 fully saturated rings. The van der Waals surface area contributed by atoms with Crippen LogP contribution >= 0.6 is 0 Å². The zero-order valence-corrected chi connectivity index (χ0v) is 13.0. The van der Waals surface area contributed by atoms with Crippen LogP contribution in [0.25, 0.3) is 0 Å². The van der Waals surface area contributed by atoms with Crippen LogP contribution in [0.15, 0.2) is 0 Å². The van der Waals surface area contributed by atoms with E-state index in [1.807, 2.05) is 0 Å². The van der Waals surface area contributed by atoms with E-state index in [1.165, 1.54) is 0 Å². The van der Waals surface area contributed by atoms with Gasteiger partial charge in [-0.3, -0.25) is 4.79 Å². The third kappa shape index (κ3) is 4.01. The van der Waals surface area contributed by atoms with E-state index in [-0.39, 0.29) is 17.9 Å². The first-order valence-corrected chi connectivity index (χ1v) is 9.21. The van der Waals surface area contributed by atoms with Crippen molar-refractivity contribution in [1.82, 2.24) is 25.5 Å². The van der Waals surface area contributed by atoms with Crippen molar-refractivity contribution < 1.29 is 17.9 Å². The Labute approximate surface area is 128 Å². The highest BCUT2D eigenvalue weighted by Gasteiger charge is 2.30. The summed E-state index contributed by atoms with van der Waals surface area (Å²) in [5.41, 5.74) is 0. The monoisotopic (exact) mass is 329 g/mol. The molecule has 1 amide bonds. The van der Waals surface area contributed by atoms with Crippen molar-refractivity contribution in [2.75, 3.05) is 18.9 Å². The maximum Gasteiger partial charge on any atom is 0.235 e. The third-order valence-corrected chi connectivity index (χ3v) is 5.10. The summed E-state index contributed by atoms with van der Waals surface area (Å²) in [5.74, 6) is -1.09. The largest absolute Gasteiger partial charge is 0.376 e. The minimum absolute atomic E-state index is 0.00572. The number of sulfone groups is 1. The number of rotatable bonds is 7. The van der Waals surface area contributed by atoms with Gasteiger partial charge in [-0.1, -0.05) is 0 Å². The molecule has 1 atom stereocenters. The molecule has 3 rings (SSSR count). The number of amides is 1. The Bertz CT molecular complexity index is 634. The minimum atomic E-state index is -3.59. The highest BCUT2D eigenvalue weighted by Crippen LogP contribution is 2.34. The SMILES string of the molecule is O=C(CS(=O)(=O)Cc1nnnn1C1CC1)NC[C@@H]1CCCO1. The molecule has 10 heteroatoms. The van der Waals surface area contributed by atoms with E-state index in [9.17, 15) is 13.2 Å². The van der Waals surface area contributed by atoms with Gasteiger partial charge in [0.2, 0.25) is 5.91 Å². The van der Waals surface area contributed by atoms with Crippen LogP contribution in [0, 0.1) is 0 Å². The Morgan fingerprint density at radius 3 is 2.86 bits per heavy atom. The van der Waals surface area contributed by atoms with Gasteiger partial charge in [0.15, 0.2) is 15.7 Å². The highest BCUT2D eigenvalue weighted by molar-refractivity contribution is 7.91. The van der Waals surface area contributed by atoms with Gasteiger partial charge in [0.1, 0.15) is 11.5 Å². The Kier molecular flexibility index (Phi) is 4.39. The number of nitrogens with one attached hydrogen (secondary N) is 1. The molecular weight excluding hydrogens is 310 g/mol. The molecule has 1 aromatic rings. The first-order chi connectivity index (χ1) is 10.5. The quantitative estimate of drug-likeness (QED) is 0.697. The summed E-state index contributed by atoms with van der Waals surface area (Å²) < 4.78 is 31.1. The van der Waals surface area contributed by atoms with Gasteiger partial charge >= 0.3 is 0 Å². The Balaban J connectivity index is 1.51. The molecule has 0 unspecified atom stereocenters. The number of carbonyl (C=O) groups is 1. The summed E-state index contributed by atoms with van der Waals surface area (Å²) in [4.78, 5) is 11.8. The second-order valence-electron chi connectivity index (χ2n) is 5.74. The van der Waals surface area contributed by atoms with Gasteiger partial charge in [0.25, 0.3) is 0 Å². The maximum atomic E-state index is 12.1. The van der Waals surface area contributed by atoms with Crippen LogP contribution in [0.1, 0.15) is 37.5 Å². The first kappa shape index (κ1) is 15.3. The van der Waals surface area contributed by atoms with Crippen LogP contribution in [0.5, 0.6) is 0 Å². The molecular formula is C12H19N5O4S. The van der Waals surface area contributed by atoms with E-state index in [1.54, 1.807) is 4.68 Å². The summed E-state index contributed by atoms with van der Waals surface area (Å²) >= 11 is 0. The molecule has 0 aromatic carbocycles. The van der Waals surface area contributed by atoms with Crippen LogP contribution in [0.3, 0.4) is 0 Å². The van der Waals surface area contributed by atoms with E-state index in [0.717, 1.165) is 25.7 Å². The van der Waals surface area contributed by atoms with Gasteiger partial charge < -0.3 is 10.1 Å². The molecule has 0 radical (unpaired) electrons. The van der Waals surface area contributed by atoms with E-state index in [4.69, 9.17) is 4.74 Å². The topological polar surface area (TPSA) is 116 Å². The molecule has 1 aliphatic carbocycles. The second kappa shape index (κ2) is 6.29. The van der Waals surface area contributed by atoms with Crippen LogP contribution in [-0.4, -0.2) is 59.5 Å². The molecule has 2 heterocycles. The predicted molar refractivity (Wildman–Crippen MR) is 75.6 cm³/mol. The van der Waals surface area contributed by atoms with Crippen molar-refractivity contribution in [2.24, 2.45) is 0 Å². The van der Waals surface area contributed by atoms with Crippen molar-refractivity contribution in [3.63, 3.8) is 0 Å². The molecule has 0 spiro atoms. The number of carbonyl (C=O) groups excluding carboxylic acids is 1. The number of ether oxygens (including phenoxy) is 1. The van der Waals surface area contributed by atoms with E-state index >= 15 is 0 Å². The molecule has 1 N–H and O–H groups in total.